The fourth-order valence-electron chi connectivity index (χ4n) is 2.49. The number of rotatable bonds is 4. The van der Waals surface area contributed by atoms with Crippen molar-refractivity contribution in [1.82, 2.24) is 0 Å². The summed E-state index contributed by atoms with van der Waals surface area (Å²) in [6.07, 6.45) is 4.19. The van der Waals surface area contributed by atoms with E-state index in [1.165, 1.54) is 6.07 Å². The Hall–Kier alpha value is -1.46. The van der Waals surface area contributed by atoms with Crippen LogP contribution in [-0.2, 0) is 11.3 Å². The molecule has 1 aliphatic rings. The van der Waals surface area contributed by atoms with E-state index in [1.54, 1.807) is 13.0 Å². The smallest absolute Gasteiger partial charge is 0.272 e. The Kier molecular flexibility index (Phi) is 4.50. The molecular weight excluding hydrogens is 244 g/mol. The predicted octanol–water partition coefficient (Wildman–Crippen LogP) is 2.69. The zero-order valence-corrected chi connectivity index (χ0v) is 11.2. The van der Waals surface area contributed by atoms with Crippen LogP contribution < -0.4 is 5.73 Å². The summed E-state index contributed by atoms with van der Waals surface area (Å²) in [4.78, 5) is 10.5. The van der Waals surface area contributed by atoms with Crippen LogP contribution in [-0.4, -0.2) is 17.1 Å². The first-order valence-corrected chi connectivity index (χ1v) is 6.68. The van der Waals surface area contributed by atoms with E-state index in [4.69, 9.17) is 10.5 Å². The Morgan fingerprint density at radius 2 is 2.05 bits per heavy atom. The zero-order valence-electron chi connectivity index (χ0n) is 11.2. The summed E-state index contributed by atoms with van der Waals surface area (Å²) < 4.78 is 5.85. The van der Waals surface area contributed by atoms with E-state index in [0.29, 0.717) is 18.2 Å². The first kappa shape index (κ1) is 14.0. The van der Waals surface area contributed by atoms with Crippen LogP contribution in [0.4, 0.5) is 5.69 Å². The third kappa shape index (κ3) is 3.52. The van der Waals surface area contributed by atoms with E-state index in [2.05, 4.69) is 0 Å². The van der Waals surface area contributed by atoms with Crippen molar-refractivity contribution in [2.24, 2.45) is 5.73 Å². The second kappa shape index (κ2) is 6.12. The third-order valence-electron chi connectivity index (χ3n) is 3.81. The van der Waals surface area contributed by atoms with Gasteiger partial charge in [0, 0.05) is 17.7 Å². The van der Waals surface area contributed by atoms with E-state index >= 15 is 0 Å². The highest BCUT2D eigenvalue weighted by Crippen LogP contribution is 2.24. The molecular formula is C14H20N2O3. The minimum absolute atomic E-state index is 0.159. The number of ether oxygens (including phenoxy) is 1. The lowest BCUT2D eigenvalue weighted by molar-refractivity contribution is -0.385. The van der Waals surface area contributed by atoms with Gasteiger partial charge >= 0.3 is 0 Å². The number of nitro groups is 1. The number of hydrogen-bond acceptors (Lipinski definition) is 4. The van der Waals surface area contributed by atoms with Crippen LogP contribution in [0.25, 0.3) is 0 Å². The number of nitrogens with zero attached hydrogens (tertiary/aromatic N) is 1. The van der Waals surface area contributed by atoms with Crippen molar-refractivity contribution in [2.75, 3.05) is 0 Å². The summed E-state index contributed by atoms with van der Waals surface area (Å²) in [6, 6.07) is 5.43. The first-order valence-electron chi connectivity index (χ1n) is 6.68. The molecule has 1 aliphatic carbocycles. The Labute approximate surface area is 112 Å². The minimum atomic E-state index is -0.349. The van der Waals surface area contributed by atoms with Crippen LogP contribution in [0.5, 0.6) is 0 Å². The van der Waals surface area contributed by atoms with Crippen LogP contribution in [0.1, 0.15) is 36.8 Å². The summed E-state index contributed by atoms with van der Waals surface area (Å²) in [5, 5.41) is 10.9. The van der Waals surface area contributed by atoms with E-state index in [9.17, 15) is 10.1 Å². The molecule has 104 valence electrons. The van der Waals surface area contributed by atoms with E-state index in [0.717, 1.165) is 31.2 Å². The molecule has 1 fully saturated rings. The summed E-state index contributed by atoms with van der Waals surface area (Å²) in [5.74, 6) is 0. The van der Waals surface area contributed by atoms with Gasteiger partial charge < -0.3 is 10.5 Å². The lowest BCUT2D eigenvalue weighted by Gasteiger charge is -2.26. The molecule has 5 nitrogen and oxygen atoms in total. The van der Waals surface area contributed by atoms with Crippen LogP contribution in [0.15, 0.2) is 18.2 Å². The fourth-order valence-corrected chi connectivity index (χ4v) is 2.49. The summed E-state index contributed by atoms with van der Waals surface area (Å²) in [7, 11) is 0. The highest BCUT2D eigenvalue weighted by atomic mass is 16.6. The van der Waals surface area contributed by atoms with Crippen LogP contribution in [0, 0.1) is 17.0 Å². The Balaban J connectivity index is 1.96. The van der Waals surface area contributed by atoms with E-state index < -0.39 is 0 Å². The van der Waals surface area contributed by atoms with Gasteiger partial charge in [-0.25, -0.2) is 0 Å². The minimum Gasteiger partial charge on any atom is -0.374 e. The monoisotopic (exact) mass is 264 g/mol. The van der Waals surface area contributed by atoms with Crippen molar-refractivity contribution >= 4 is 5.69 Å². The summed E-state index contributed by atoms with van der Waals surface area (Å²) >= 11 is 0. The van der Waals surface area contributed by atoms with Gasteiger partial charge in [0.2, 0.25) is 0 Å². The Morgan fingerprint density at radius 1 is 1.37 bits per heavy atom. The van der Waals surface area contributed by atoms with Crippen LogP contribution in [0.2, 0.25) is 0 Å². The van der Waals surface area contributed by atoms with Gasteiger partial charge in [0.25, 0.3) is 5.69 Å². The SMILES string of the molecule is Cc1c(COC2CCC(N)CC2)cccc1[N+](=O)[O-]. The molecule has 1 saturated carbocycles. The maximum absolute atomic E-state index is 10.9. The van der Waals surface area contributed by atoms with Crippen molar-refractivity contribution < 1.29 is 9.66 Å². The largest absolute Gasteiger partial charge is 0.374 e. The van der Waals surface area contributed by atoms with E-state index in [-0.39, 0.29) is 16.7 Å². The topological polar surface area (TPSA) is 78.4 Å². The van der Waals surface area contributed by atoms with Crippen molar-refractivity contribution in [3.8, 4) is 0 Å². The number of nitrogens with two attached hydrogens (primary N) is 1. The zero-order chi connectivity index (χ0) is 13.8. The van der Waals surface area contributed by atoms with Gasteiger partial charge in [0.05, 0.1) is 17.6 Å². The lowest BCUT2D eigenvalue weighted by Crippen LogP contribution is -2.30. The molecule has 2 N–H and O–H groups in total. The average molecular weight is 264 g/mol. The standard InChI is InChI=1S/C14H20N2O3/c1-10-11(3-2-4-14(10)16(17)18)9-19-13-7-5-12(15)6-8-13/h2-4,12-13H,5-9,15H2,1H3. The maximum Gasteiger partial charge on any atom is 0.272 e. The van der Waals surface area contributed by atoms with Gasteiger partial charge in [0.15, 0.2) is 0 Å². The highest BCUT2D eigenvalue weighted by molar-refractivity contribution is 5.44. The second-order valence-electron chi connectivity index (χ2n) is 5.17. The Bertz CT molecular complexity index is 454. The molecule has 1 aromatic carbocycles. The quantitative estimate of drug-likeness (QED) is 0.670. The van der Waals surface area contributed by atoms with Crippen LogP contribution in [0.3, 0.4) is 0 Å². The van der Waals surface area contributed by atoms with Gasteiger partial charge in [-0.1, -0.05) is 12.1 Å². The average Bonchev–Trinajstić information content (AvgIpc) is 2.39. The van der Waals surface area contributed by atoms with Gasteiger partial charge in [-0.05, 0) is 38.2 Å². The summed E-state index contributed by atoms with van der Waals surface area (Å²) in [6.45, 7) is 2.21. The lowest BCUT2D eigenvalue weighted by atomic mass is 9.94. The molecule has 0 radical (unpaired) electrons. The van der Waals surface area contributed by atoms with Crippen LogP contribution >= 0.6 is 0 Å². The molecule has 0 aliphatic heterocycles. The third-order valence-corrected chi connectivity index (χ3v) is 3.81. The predicted molar refractivity (Wildman–Crippen MR) is 72.9 cm³/mol. The normalized spacial score (nSPS) is 23.3. The molecule has 19 heavy (non-hydrogen) atoms. The summed E-state index contributed by atoms with van der Waals surface area (Å²) in [5.41, 5.74) is 7.60. The molecule has 1 aromatic rings. The highest BCUT2D eigenvalue weighted by Gasteiger charge is 2.20. The molecule has 0 heterocycles. The number of benzene rings is 1. The number of hydrogen-bond donors (Lipinski definition) is 1. The molecule has 0 aromatic heterocycles. The van der Waals surface area contributed by atoms with Gasteiger partial charge in [0.1, 0.15) is 0 Å². The molecule has 0 unspecified atom stereocenters. The molecule has 0 saturated heterocycles. The van der Waals surface area contributed by atoms with Gasteiger partial charge in [-0.2, -0.15) is 0 Å². The molecule has 0 atom stereocenters. The maximum atomic E-state index is 10.9. The molecule has 0 bridgehead atoms. The Morgan fingerprint density at radius 3 is 2.68 bits per heavy atom. The fraction of sp³-hybridized carbons (Fsp3) is 0.571. The van der Waals surface area contributed by atoms with E-state index in [1.807, 2.05) is 6.07 Å². The van der Waals surface area contributed by atoms with Crippen molar-refractivity contribution in [2.45, 2.75) is 51.4 Å². The number of nitro benzene ring substituents is 1. The van der Waals surface area contributed by atoms with Gasteiger partial charge in [-0.15, -0.1) is 0 Å². The second-order valence-corrected chi connectivity index (χ2v) is 5.17. The molecule has 2 rings (SSSR count). The molecule has 5 heteroatoms. The van der Waals surface area contributed by atoms with Gasteiger partial charge in [-0.3, -0.25) is 10.1 Å². The molecule has 0 amide bonds. The van der Waals surface area contributed by atoms with Crippen molar-refractivity contribution in [1.29, 1.82) is 0 Å². The van der Waals surface area contributed by atoms with Crippen molar-refractivity contribution in [3.05, 3.63) is 39.4 Å². The molecule has 0 spiro atoms. The first-order chi connectivity index (χ1) is 9.08. The van der Waals surface area contributed by atoms with Crippen molar-refractivity contribution in [3.63, 3.8) is 0 Å².